The van der Waals surface area contributed by atoms with Crippen molar-refractivity contribution in [3.8, 4) is 0 Å². The second-order valence-corrected chi connectivity index (χ2v) is 4.66. The number of rotatable bonds is 3. The topological polar surface area (TPSA) is 46.9 Å². The number of nitrogens with one attached hydrogen (secondary N) is 1. The van der Waals surface area contributed by atoms with E-state index in [2.05, 4.69) is 10.3 Å². The van der Waals surface area contributed by atoms with E-state index >= 15 is 0 Å². The Labute approximate surface area is 100.0 Å². The van der Waals surface area contributed by atoms with E-state index in [1.165, 1.54) is 0 Å². The summed E-state index contributed by atoms with van der Waals surface area (Å²) in [5.41, 5.74) is 0.475. The Kier molecular flexibility index (Phi) is 3.49. The van der Waals surface area contributed by atoms with Crippen LogP contribution < -0.4 is 5.32 Å². The molecule has 0 spiro atoms. The average molecular weight is 242 g/mol. The lowest BCUT2D eigenvalue weighted by Gasteiger charge is -2.17. The summed E-state index contributed by atoms with van der Waals surface area (Å²) in [6, 6.07) is 0.215. The lowest BCUT2D eigenvalue weighted by Crippen LogP contribution is -2.38. The molecular formula is C11H16ClN3O. The van der Waals surface area contributed by atoms with Crippen LogP contribution >= 0.6 is 11.6 Å². The monoisotopic (exact) mass is 241 g/mol. The molecule has 1 aliphatic carbocycles. The summed E-state index contributed by atoms with van der Waals surface area (Å²) in [5, 5.41) is 3.01. The van der Waals surface area contributed by atoms with Gasteiger partial charge in [-0.3, -0.25) is 4.79 Å². The number of alkyl halides is 1. The van der Waals surface area contributed by atoms with Gasteiger partial charge in [-0.25, -0.2) is 4.98 Å². The maximum absolute atomic E-state index is 11.8. The number of aromatic nitrogens is 2. The number of amides is 1. The standard InChI is InChI=1S/C11H16ClN3O/c1-15-6-10(13-7-15)11(16)14-9-4-2-3-8(9)5-12/h6-9H,2-5H2,1H3,(H,14,16). The first-order valence-electron chi connectivity index (χ1n) is 5.55. The minimum Gasteiger partial charge on any atom is -0.348 e. The Morgan fingerprint density at radius 2 is 2.50 bits per heavy atom. The molecule has 88 valence electrons. The molecule has 2 unspecified atom stereocenters. The first kappa shape index (κ1) is 11.5. The number of hydrogen-bond donors (Lipinski definition) is 1. The van der Waals surface area contributed by atoms with Gasteiger partial charge in [-0.1, -0.05) is 6.42 Å². The molecule has 4 nitrogen and oxygen atoms in total. The highest BCUT2D eigenvalue weighted by molar-refractivity contribution is 6.18. The maximum atomic E-state index is 11.8. The summed E-state index contributed by atoms with van der Waals surface area (Å²) < 4.78 is 1.77. The van der Waals surface area contributed by atoms with Crippen LogP contribution in [0.4, 0.5) is 0 Å². The van der Waals surface area contributed by atoms with Crippen LogP contribution in [0.2, 0.25) is 0 Å². The Hall–Kier alpha value is -1.03. The molecule has 1 fully saturated rings. The van der Waals surface area contributed by atoms with E-state index in [0.29, 0.717) is 17.5 Å². The van der Waals surface area contributed by atoms with Gasteiger partial charge >= 0.3 is 0 Å². The zero-order valence-electron chi connectivity index (χ0n) is 9.32. The predicted octanol–water partition coefficient (Wildman–Crippen LogP) is 1.56. The van der Waals surface area contributed by atoms with Crippen LogP contribution in [0, 0.1) is 5.92 Å². The molecular weight excluding hydrogens is 226 g/mol. The van der Waals surface area contributed by atoms with E-state index in [9.17, 15) is 4.79 Å². The zero-order valence-corrected chi connectivity index (χ0v) is 10.1. The predicted molar refractivity (Wildman–Crippen MR) is 62.5 cm³/mol. The highest BCUT2D eigenvalue weighted by atomic mass is 35.5. The molecule has 0 aromatic carbocycles. The second-order valence-electron chi connectivity index (χ2n) is 4.35. The molecule has 16 heavy (non-hydrogen) atoms. The molecule has 1 N–H and O–H groups in total. The molecule has 1 saturated carbocycles. The van der Waals surface area contributed by atoms with Gasteiger partial charge in [-0.15, -0.1) is 11.6 Å². The van der Waals surface area contributed by atoms with Gasteiger partial charge in [0.15, 0.2) is 0 Å². The molecule has 1 amide bonds. The number of nitrogens with zero attached hydrogens (tertiary/aromatic N) is 2. The molecule has 2 rings (SSSR count). The highest BCUT2D eigenvalue weighted by Gasteiger charge is 2.28. The Bertz CT molecular complexity index is 377. The Balaban J connectivity index is 1.97. The molecule has 0 saturated heterocycles. The van der Waals surface area contributed by atoms with Crippen molar-refractivity contribution in [3.63, 3.8) is 0 Å². The van der Waals surface area contributed by atoms with Gasteiger partial charge in [-0.05, 0) is 18.8 Å². The summed E-state index contributed by atoms with van der Waals surface area (Å²) in [6.45, 7) is 0. The quantitative estimate of drug-likeness (QED) is 0.817. The summed E-state index contributed by atoms with van der Waals surface area (Å²) in [6.07, 6.45) is 6.62. The molecule has 1 aromatic heterocycles. The SMILES string of the molecule is Cn1cnc(C(=O)NC2CCCC2CCl)c1. The first-order chi connectivity index (χ1) is 7.70. The van der Waals surface area contributed by atoms with Crippen LogP contribution in [-0.4, -0.2) is 27.4 Å². The lowest BCUT2D eigenvalue weighted by atomic mass is 10.1. The van der Waals surface area contributed by atoms with E-state index in [0.717, 1.165) is 19.3 Å². The van der Waals surface area contributed by atoms with E-state index in [-0.39, 0.29) is 11.9 Å². The Morgan fingerprint density at radius 1 is 1.69 bits per heavy atom. The summed E-state index contributed by atoms with van der Waals surface area (Å²) >= 11 is 5.87. The van der Waals surface area contributed by atoms with Crippen LogP contribution in [0.1, 0.15) is 29.8 Å². The van der Waals surface area contributed by atoms with Crippen LogP contribution in [0.5, 0.6) is 0 Å². The van der Waals surface area contributed by atoms with E-state index in [1.807, 2.05) is 7.05 Å². The largest absolute Gasteiger partial charge is 0.348 e. The van der Waals surface area contributed by atoms with Gasteiger partial charge in [0, 0.05) is 25.2 Å². The molecule has 1 heterocycles. The van der Waals surface area contributed by atoms with Crippen molar-refractivity contribution in [2.75, 3.05) is 5.88 Å². The maximum Gasteiger partial charge on any atom is 0.271 e. The zero-order chi connectivity index (χ0) is 11.5. The third kappa shape index (κ3) is 2.38. The highest BCUT2D eigenvalue weighted by Crippen LogP contribution is 2.26. The summed E-state index contributed by atoms with van der Waals surface area (Å²) in [4.78, 5) is 15.9. The van der Waals surface area contributed by atoms with Crippen LogP contribution in [0.3, 0.4) is 0 Å². The van der Waals surface area contributed by atoms with Crippen molar-refractivity contribution < 1.29 is 4.79 Å². The third-order valence-corrected chi connectivity index (χ3v) is 3.51. The summed E-state index contributed by atoms with van der Waals surface area (Å²) in [7, 11) is 1.85. The van der Waals surface area contributed by atoms with Gasteiger partial charge in [0.05, 0.1) is 6.33 Å². The van der Waals surface area contributed by atoms with Crippen LogP contribution in [0.25, 0.3) is 0 Å². The van der Waals surface area contributed by atoms with E-state index in [1.54, 1.807) is 17.1 Å². The van der Waals surface area contributed by atoms with Crippen LogP contribution in [-0.2, 0) is 7.05 Å². The molecule has 5 heteroatoms. The fourth-order valence-corrected chi connectivity index (χ4v) is 2.55. The number of imidazole rings is 1. The molecule has 0 radical (unpaired) electrons. The number of hydrogen-bond acceptors (Lipinski definition) is 2. The van der Waals surface area contributed by atoms with Crippen LogP contribution in [0.15, 0.2) is 12.5 Å². The summed E-state index contributed by atoms with van der Waals surface area (Å²) in [5.74, 6) is 0.935. The van der Waals surface area contributed by atoms with Crippen molar-refractivity contribution in [1.82, 2.24) is 14.9 Å². The van der Waals surface area contributed by atoms with Crippen molar-refractivity contribution in [1.29, 1.82) is 0 Å². The van der Waals surface area contributed by atoms with Crippen molar-refractivity contribution in [2.45, 2.75) is 25.3 Å². The second kappa shape index (κ2) is 4.87. The fourth-order valence-electron chi connectivity index (χ4n) is 2.18. The van der Waals surface area contributed by atoms with Gasteiger partial charge in [0.2, 0.25) is 0 Å². The normalized spacial score (nSPS) is 24.6. The minimum absolute atomic E-state index is 0.0948. The smallest absolute Gasteiger partial charge is 0.271 e. The number of aryl methyl sites for hydroxylation is 1. The van der Waals surface area contributed by atoms with Gasteiger partial charge in [0.1, 0.15) is 5.69 Å². The molecule has 2 atom stereocenters. The fraction of sp³-hybridized carbons (Fsp3) is 0.636. The molecule has 0 bridgehead atoms. The lowest BCUT2D eigenvalue weighted by molar-refractivity contribution is 0.0925. The average Bonchev–Trinajstić information content (AvgIpc) is 2.86. The van der Waals surface area contributed by atoms with Crippen molar-refractivity contribution >= 4 is 17.5 Å². The van der Waals surface area contributed by atoms with Crippen molar-refractivity contribution in [3.05, 3.63) is 18.2 Å². The van der Waals surface area contributed by atoms with E-state index < -0.39 is 0 Å². The molecule has 0 aliphatic heterocycles. The molecule has 1 aliphatic rings. The number of carbonyl (C=O) groups excluding carboxylic acids is 1. The number of halogens is 1. The van der Waals surface area contributed by atoms with Gasteiger partial charge in [0.25, 0.3) is 5.91 Å². The third-order valence-electron chi connectivity index (χ3n) is 3.11. The Morgan fingerprint density at radius 3 is 3.12 bits per heavy atom. The van der Waals surface area contributed by atoms with E-state index in [4.69, 9.17) is 11.6 Å². The first-order valence-corrected chi connectivity index (χ1v) is 6.09. The minimum atomic E-state index is -0.0948. The van der Waals surface area contributed by atoms with Gasteiger partial charge < -0.3 is 9.88 Å². The molecule has 1 aromatic rings. The van der Waals surface area contributed by atoms with Gasteiger partial charge in [-0.2, -0.15) is 0 Å². The van der Waals surface area contributed by atoms with Crippen molar-refractivity contribution in [2.24, 2.45) is 13.0 Å². The number of carbonyl (C=O) groups is 1.